The molecule has 2 aromatic carbocycles. The number of carbonyl (C=O) groups excluding carboxylic acids is 1. The highest BCUT2D eigenvalue weighted by molar-refractivity contribution is 5.94. The summed E-state index contributed by atoms with van der Waals surface area (Å²) in [5, 5.41) is 3.02. The van der Waals surface area contributed by atoms with Gasteiger partial charge in [-0.05, 0) is 37.1 Å². The van der Waals surface area contributed by atoms with E-state index in [9.17, 15) is 4.79 Å². The van der Waals surface area contributed by atoms with Crippen molar-refractivity contribution in [3.8, 4) is 0 Å². The molecule has 0 aliphatic rings. The second kappa shape index (κ2) is 8.99. The Morgan fingerprint density at radius 3 is 2.26 bits per heavy atom. The van der Waals surface area contributed by atoms with Gasteiger partial charge in [-0.15, -0.1) is 0 Å². The van der Waals surface area contributed by atoms with Crippen LogP contribution >= 0.6 is 0 Å². The summed E-state index contributed by atoms with van der Waals surface area (Å²) in [4.78, 5) is 19.2. The quantitative estimate of drug-likeness (QED) is 0.670. The molecule has 138 valence electrons. The fourth-order valence-electron chi connectivity index (χ4n) is 2.97. The van der Waals surface area contributed by atoms with E-state index in [1.165, 1.54) is 5.56 Å². The number of carbonyl (C=O) groups is 1. The average molecular weight is 359 g/mol. The Kier molecular flexibility index (Phi) is 6.21. The van der Waals surface area contributed by atoms with Gasteiger partial charge in [0.1, 0.15) is 5.82 Å². The summed E-state index contributed by atoms with van der Waals surface area (Å²) in [6, 6.07) is 23.9. The molecular weight excluding hydrogens is 334 g/mol. The van der Waals surface area contributed by atoms with Gasteiger partial charge in [0.05, 0.1) is 11.6 Å². The lowest BCUT2D eigenvalue weighted by atomic mass is 10.1. The minimum Gasteiger partial charge on any atom is -0.353 e. The molecule has 1 heterocycles. The molecule has 0 bridgehead atoms. The fourth-order valence-corrected chi connectivity index (χ4v) is 2.97. The SMILES string of the molecule is CCN(Cc1ccccc1)c1ccc(C(=O)NC(C)c2ccccc2)cn1. The van der Waals surface area contributed by atoms with Crippen LogP contribution in [0.25, 0.3) is 0 Å². The molecule has 0 saturated heterocycles. The predicted molar refractivity (Wildman–Crippen MR) is 110 cm³/mol. The van der Waals surface area contributed by atoms with Gasteiger partial charge in [-0.3, -0.25) is 4.79 Å². The van der Waals surface area contributed by atoms with E-state index in [4.69, 9.17) is 0 Å². The van der Waals surface area contributed by atoms with Crippen LogP contribution in [0.5, 0.6) is 0 Å². The van der Waals surface area contributed by atoms with E-state index < -0.39 is 0 Å². The highest BCUT2D eigenvalue weighted by atomic mass is 16.1. The topological polar surface area (TPSA) is 45.2 Å². The maximum Gasteiger partial charge on any atom is 0.253 e. The van der Waals surface area contributed by atoms with Gasteiger partial charge < -0.3 is 10.2 Å². The summed E-state index contributed by atoms with van der Waals surface area (Å²) in [5.74, 6) is 0.755. The zero-order chi connectivity index (χ0) is 19.1. The molecule has 27 heavy (non-hydrogen) atoms. The molecule has 0 aliphatic heterocycles. The van der Waals surface area contributed by atoms with Crippen LogP contribution in [0.15, 0.2) is 79.0 Å². The molecule has 3 aromatic rings. The van der Waals surface area contributed by atoms with E-state index in [0.717, 1.165) is 24.5 Å². The van der Waals surface area contributed by atoms with Crippen LogP contribution in [0.2, 0.25) is 0 Å². The first-order valence-corrected chi connectivity index (χ1v) is 9.28. The van der Waals surface area contributed by atoms with Crippen molar-refractivity contribution in [3.63, 3.8) is 0 Å². The van der Waals surface area contributed by atoms with Gasteiger partial charge >= 0.3 is 0 Å². The predicted octanol–water partition coefficient (Wildman–Crippen LogP) is 4.60. The summed E-state index contributed by atoms with van der Waals surface area (Å²) < 4.78 is 0. The Morgan fingerprint density at radius 1 is 1.00 bits per heavy atom. The first-order valence-electron chi connectivity index (χ1n) is 9.28. The van der Waals surface area contributed by atoms with Crippen molar-refractivity contribution in [1.29, 1.82) is 0 Å². The van der Waals surface area contributed by atoms with Crippen LogP contribution < -0.4 is 10.2 Å². The summed E-state index contributed by atoms with van der Waals surface area (Å²) in [6.07, 6.45) is 1.65. The minimum absolute atomic E-state index is 0.0522. The van der Waals surface area contributed by atoms with E-state index in [0.29, 0.717) is 5.56 Å². The third kappa shape index (κ3) is 4.94. The second-order valence-electron chi connectivity index (χ2n) is 6.51. The van der Waals surface area contributed by atoms with E-state index in [1.807, 2.05) is 67.6 Å². The molecule has 0 aliphatic carbocycles. The average Bonchev–Trinajstić information content (AvgIpc) is 2.73. The summed E-state index contributed by atoms with van der Waals surface area (Å²) in [6.45, 7) is 5.72. The molecule has 0 saturated carbocycles. The van der Waals surface area contributed by atoms with Crippen molar-refractivity contribution in [1.82, 2.24) is 10.3 Å². The normalized spacial score (nSPS) is 11.6. The molecule has 0 radical (unpaired) electrons. The van der Waals surface area contributed by atoms with Crippen molar-refractivity contribution in [2.45, 2.75) is 26.4 Å². The van der Waals surface area contributed by atoms with E-state index in [2.05, 4.69) is 34.3 Å². The molecule has 1 aromatic heterocycles. The van der Waals surface area contributed by atoms with Gasteiger partial charge in [-0.1, -0.05) is 60.7 Å². The Hall–Kier alpha value is -3.14. The third-order valence-electron chi connectivity index (χ3n) is 4.58. The number of hydrogen-bond acceptors (Lipinski definition) is 3. The number of hydrogen-bond donors (Lipinski definition) is 1. The van der Waals surface area contributed by atoms with Gasteiger partial charge in [0, 0.05) is 19.3 Å². The number of rotatable bonds is 7. The smallest absolute Gasteiger partial charge is 0.253 e. The number of anilines is 1. The summed E-state index contributed by atoms with van der Waals surface area (Å²) >= 11 is 0. The summed E-state index contributed by atoms with van der Waals surface area (Å²) in [7, 11) is 0. The minimum atomic E-state index is -0.114. The largest absolute Gasteiger partial charge is 0.353 e. The van der Waals surface area contributed by atoms with Crippen LogP contribution in [-0.2, 0) is 6.54 Å². The van der Waals surface area contributed by atoms with Gasteiger partial charge in [-0.2, -0.15) is 0 Å². The van der Waals surface area contributed by atoms with E-state index in [-0.39, 0.29) is 11.9 Å². The molecule has 1 atom stereocenters. The number of amides is 1. The highest BCUT2D eigenvalue weighted by Gasteiger charge is 2.13. The van der Waals surface area contributed by atoms with Crippen LogP contribution in [0.3, 0.4) is 0 Å². The lowest BCUT2D eigenvalue weighted by molar-refractivity contribution is 0.0939. The molecule has 4 nitrogen and oxygen atoms in total. The third-order valence-corrected chi connectivity index (χ3v) is 4.58. The highest BCUT2D eigenvalue weighted by Crippen LogP contribution is 2.16. The number of pyridine rings is 1. The number of benzene rings is 2. The number of nitrogens with zero attached hydrogens (tertiary/aromatic N) is 2. The van der Waals surface area contributed by atoms with Crippen LogP contribution in [0.1, 0.15) is 41.4 Å². The zero-order valence-corrected chi connectivity index (χ0v) is 15.8. The molecule has 0 fully saturated rings. The van der Waals surface area contributed by atoms with Crippen LogP contribution in [-0.4, -0.2) is 17.4 Å². The Bertz CT molecular complexity index is 848. The van der Waals surface area contributed by atoms with Crippen molar-refractivity contribution in [2.24, 2.45) is 0 Å². The van der Waals surface area contributed by atoms with Gasteiger partial charge in [0.25, 0.3) is 5.91 Å². The van der Waals surface area contributed by atoms with Crippen LogP contribution in [0, 0.1) is 0 Å². The molecule has 1 unspecified atom stereocenters. The molecule has 4 heteroatoms. The van der Waals surface area contributed by atoms with E-state index in [1.54, 1.807) is 6.20 Å². The van der Waals surface area contributed by atoms with Crippen molar-refractivity contribution < 1.29 is 4.79 Å². The maximum atomic E-state index is 12.5. The van der Waals surface area contributed by atoms with Crippen molar-refractivity contribution in [2.75, 3.05) is 11.4 Å². The standard InChI is InChI=1S/C23H25N3O/c1-3-26(17-19-10-6-4-7-11-19)22-15-14-21(16-24-22)23(27)25-18(2)20-12-8-5-9-13-20/h4-16,18H,3,17H2,1-2H3,(H,25,27). The lowest BCUT2D eigenvalue weighted by Crippen LogP contribution is -2.27. The molecule has 0 spiro atoms. The first kappa shape index (κ1) is 18.6. The maximum absolute atomic E-state index is 12.5. The zero-order valence-electron chi connectivity index (χ0n) is 15.8. The number of aromatic nitrogens is 1. The molecular formula is C23H25N3O. The van der Waals surface area contributed by atoms with Gasteiger partial charge in [0.2, 0.25) is 0 Å². The lowest BCUT2D eigenvalue weighted by Gasteiger charge is -2.22. The van der Waals surface area contributed by atoms with Crippen LogP contribution in [0.4, 0.5) is 5.82 Å². The van der Waals surface area contributed by atoms with Crippen molar-refractivity contribution >= 4 is 11.7 Å². The monoisotopic (exact) mass is 359 g/mol. The van der Waals surface area contributed by atoms with Gasteiger partial charge in [0.15, 0.2) is 0 Å². The molecule has 1 N–H and O–H groups in total. The Balaban J connectivity index is 1.66. The first-order chi connectivity index (χ1) is 13.2. The fraction of sp³-hybridized carbons (Fsp3) is 0.217. The second-order valence-corrected chi connectivity index (χ2v) is 6.51. The molecule has 3 rings (SSSR count). The molecule has 1 amide bonds. The van der Waals surface area contributed by atoms with E-state index >= 15 is 0 Å². The van der Waals surface area contributed by atoms with Gasteiger partial charge in [-0.25, -0.2) is 4.98 Å². The number of nitrogens with one attached hydrogen (secondary N) is 1. The van der Waals surface area contributed by atoms with Crippen molar-refractivity contribution in [3.05, 3.63) is 95.7 Å². The Morgan fingerprint density at radius 2 is 1.67 bits per heavy atom. The Labute approximate surface area is 160 Å². The summed E-state index contributed by atoms with van der Waals surface area (Å²) in [5.41, 5.74) is 2.88.